The van der Waals surface area contributed by atoms with Gasteiger partial charge in [0.05, 0.1) is 11.9 Å². The molecule has 5 aliphatic rings. The third-order valence-corrected chi connectivity index (χ3v) is 11.2. The highest BCUT2D eigenvalue weighted by molar-refractivity contribution is 6.06. The van der Waals surface area contributed by atoms with Crippen LogP contribution in [0.5, 0.6) is 0 Å². The topological polar surface area (TPSA) is 100 Å². The van der Waals surface area contributed by atoms with Crippen LogP contribution in [0.4, 0.5) is 19.7 Å². The number of ether oxygens (including phenoxy) is 1. The molecule has 10 nitrogen and oxygen atoms in total. The molecule has 46 heavy (non-hydrogen) atoms. The van der Waals surface area contributed by atoms with Gasteiger partial charge in [-0.05, 0) is 108 Å². The second-order valence-corrected chi connectivity index (χ2v) is 15.7. The Kier molecular flexibility index (Phi) is 8.05. The molecule has 2 aliphatic carbocycles. The van der Waals surface area contributed by atoms with Gasteiger partial charge in [0.1, 0.15) is 16.9 Å². The number of urea groups is 1. The first-order valence-corrected chi connectivity index (χ1v) is 17.4. The maximum Gasteiger partial charge on any atom is 0.410 e. The van der Waals surface area contributed by atoms with Crippen molar-refractivity contribution in [1.82, 2.24) is 24.7 Å². The van der Waals surface area contributed by atoms with Gasteiger partial charge in [0.25, 0.3) is 0 Å². The Labute approximate surface area is 271 Å². The van der Waals surface area contributed by atoms with Crippen LogP contribution in [-0.2, 0) is 9.53 Å². The molecule has 2 aromatic rings. The fraction of sp³-hybridized carbons (Fsp3) is 0.714. The van der Waals surface area contributed by atoms with Crippen LogP contribution in [0.2, 0.25) is 0 Å². The summed E-state index contributed by atoms with van der Waals surface area (Å²) in [7, 11) is 0. The maximum atomic E-state index is 15.9. The highest BCUT2D eigenvalue weighted by Gasteiger charge is 2.43. The van der Waals surface area contributed by atoms with E-state index in [0.717, 1.165) is 55.5 Å². The van der Waals surface area contributed by atoms with E-state index < -0.39 is 11.3 Å². The highest BCUT2D eigenvalue weighted by Crippen LogP contribution is 2.50. The third kappa shape index (κ3) is 6.49. The Morgan fingerprint density at radius 3 is 2.33 bits per heavy atom. The number of rotatable bonds is 5. The molecule has 0 bridgehead atoms. The molecule has 0 unspecified atom stereocenters. The Morgan fingerprint density at radius 2 is 1.70 bits per heavy atom. The zero-order chi connectivity index (χ0) is 32.3. The first-order chi connectivity index (χ1) is 21.9. The maximum absolute atomic E-state index is 15.9. The number of carbonyl (C=O) groups excluding carboxylic acids is 3. The quantitative estimate of drug-likeness (QED) is 0.414. The van der Waals surface area contributed by atoms with E-state index in [4.69, 9.17) is 9.72 Å². The standard InChI is InChI=1S/C35H49FN6O4/c1-33(2,3)46-32(45)40-18-13-35(36,14-19-40)23-39-16-11-34(12-17-39)9-6-25(7-10-34)42-22-28(24-4-5-24)27-20-26(21-37-30(27)42)41-15-8-29(43)38-31(41)44/h20-22,24-25H,4-19,23H2,1-3H3,(H,38,43,44). The molecular weight excluding hydrogens is 587 g/mol. The van der Waals surface area contributed by atoms with Crippen molar-refractivity contribution in [3.8, 4) is 0 Å². The van der Waals surface area contributed by atoms with E-state index in [1.807, 2.05) is 20.8 Å². The average molecular weight is 637 g/mol. The van der Waals surface area contributed by atoms with Crippen molar-refractivity contribution in [3.63, 3.8) is 0 Å². The van der Waals surface area contributed by atoms with Gasteiger partial charge in [-0.25, -0.2) is 19.0 Å². The lowest BCUT2D eigenvalue weighted by atomic mass is 9.67. The van der Waals surface area contributed by atoms with Gasteiger partial charge in [0.15, 0.2) is 0 Å². The van der Waals surface area contributed by atoms with Gasteiger partial charge in [0.2, 0.25) is 5.91 Å². The second-order valence-electron chi connectivity index (χ2n) is 15.7. The minimum atomic E-state index is -1.25. The number of alkyl halides is 1. The van der Waals surface area contributed by atoms with Gasteiger partial charge in [-0.15, -0.1) is 0 Å². The van der Waals surface area contributed by atoms with Crippen molar-refractivity contribution >= 4 is 34.8 Å². The van der Waals surface area contributed by atoms with Gasteiger partial charge in [-0.3, -0.25) is 15.0 Å². The van der Waals surface area contributed by atoms with E-state index in [1.165, 1.54) is 31.2 Å². The van der Waals surface area contributed by atoms with Crippen molar-refractivity contribution in [2.75, 3.05) is 44.2 Å². The molecule has 11 heteroatoms. The van der Waals surface area contributed by atoms with Crippen LogP contribution in [0, 0.1) is 5.41 Å². The minimum absolute atomic E-state index is 0.232. The number of halogens is 1. The molecule has 2 saturated carbocycles. The summed E-state index contributed by atoms with van der Waals surface area (Å²) in [5.74, 6) is 0.324. The number of hydrogen-bond donors (Lipinski definition) is 1. The minimum Gasteiger partial charge on any atom is -0.444 e. The Bertz CT molecular complexity index is 1490. The molecular formula is C35H49FN6O4. The largest absolute Gasteiger partial charge is 0.444 e. The van der Waals surface area contributed by atoms with E-state index in [9.17, 15) is 14.4 Å². The number of nitrogens with one attached hydrogen (secondary N) is 1. The fourth-order valence-corrected chi connectivity index (χ4v) is 8.26. The smallest absolute Gasteiger partial charge is 0.410 e. The first kappa shape index (κ1) is 31.4. The van der Waals surface area contributed by atoms with Gasteiger partial charge in [-0.1, -0.05) is 0 Å². The second kappa shape index (κ2) is 11.8. The monoisotopic (exact) mass is 636 g/mol. The van der Waals surface area contributed by atoms with Crippen LogP contribution >= 0.6 is 0 Å². The molecule has 3 aliphatic heterocycles. The van der Waals surface area contributed by atoms with Crippen LogP contribution in [0.1, 0.15) is 109 Å². The zero-order valence-electron chi connectivity index (χ0n) is 27.7. The van der Waals surface area contributed by atoms with Gasteiger partial charge >= 0.3 is 12.1 Å². The summed E-state index contributed by atoms with van der Waals surface area (Å²) in [6.07, 6.45) is 14.0. The van der Waals surface area contributed by atoms with Crippen LogP contribution in [-0.4, -0.2) is 87.9 Å². The normalized spacial score (nSPS) is 24.4. The van der Waals surface area contributed by atoms with Gasteiger partial charge in [0, 0.05) is 63.1 Å². The van der Waals surface area contributed by atoms with E-state index >= 15 is 4.39 Å². The number of nitrogens with zero attached hydrogens (tertiary/aromatic N) is 5. The summed E-state index contributed by atoms with van der Waals surface area (Å²) in [5, 5.41) is 3.56. The molecule has 0 atom stereocenters. The lowest BCUT2D eigenvalue weighted by Gasteiger charge is -2.48. The lowest BCUT2D eigenvalue weighted by Crippen LogP contribution is -2.52. The lowest BCUT2D eigenvalue weighted by molar-refractivity contribution is -0.120. The Hall–Kier alpha value is -3.21. The molecule has 250 valence electrons. The molecule has 5 fully saturated rings. The van der Waals surface area contributed by atoms with Crippen LogP contribution in [0.25, 0.3) is 11.0 Å². The molecule has 2 aromatic heterocycles. The molecule has 5 heterocycles. The number of amides is 4. The van der Waals surface area contributed by atoms with Crippen molar-refractivity contribution in [3.05, 3.63) is 24.0 Å². The first-order valence-electron chi connectivity index (χ1n) is 17.4. The summed E-state index contributed by atoms with van der Waals surface area (Å²) in [5.41, 5.74) is 1.62. The Balaban J connectivity index is 0.948. The van der Waals surface area contributed by atoms with Crippen LogP contribution in [0.15, 0.2) is 18.5 Å². The number of imide groups is 1. The number of aromatic nitrogens is 2. The Morgan fingerprint density at radius 1 is 1.00 bits per heavy atom. The average Bonchev–Trinajstić information content (AvgIpc) is 3.78. The molecule has 0 radical (unpaired) electrons. The summed E-state index contributed by atoms with van der Waals surface area (Å²) < 4.78 is 23.8. The number of pyridine rings is 1. The number of piperidine rings is 2. The van der Waals surface area contributed by atoms with Gasteiger partial charge < -0.3 is 19.1 Å². The summed E-state index contributed by atoms with van der Waals surface area (Å²) >= 11 is 0. The molecule has 3 saturated heterocycles. The number of hydrogen-bond acceptors (Lipinski definition) is 6. The van der Waals surface area contributed by atoms with Crippen molar-refractivity contribution in [2.45, 2.75) is 115 Å². The third-order valence-electron chi connectivity index (χ3n) is 11.2. The number of anilines is 1. The van der Waals surface area contributed by atoms with E-state index in [-0.39, 0.29) is 18.0 Å². The summed E-state index contributed by atoms with van der Waals surface area (Å²) in [6, 6.07) is 2.12. The predicted molar refractivity (Wildman–Crippen MR) is 174 cm³/mol. The van der Waals surface area contributed by atoms with E-state index in [0.29, 0.717) is 62.8 Å². The predicted octanol–water partition coefficient (Wildman–Crippen LogP) is 6.30. The van der Waals surface area contributed by atoms with Crippen molar-refractivity contribution in [1.29, 1.82) is 0 Å². The fourth-order valence-electron chi connectivity index (χ4n) is 8.26. The molecule has 1 N–H and O–H groups in total. The molecule has 1 spiro atoms. The molecule has 4 amide bonds. The molecule has 0 aromatic carbocycles. The molecule has 7 rings (SSSR count). The highest BCUT2D eigenvalue weighted by atomic mass is 19.1. The van der Waals surface area contributed by atoms with Crippen molar-refractivity contribution < 1.29 is 23.5 Å². The van der Waals surface area contributed by atoms with Crippen molar-refractivity contribution in [2.24, 2.45) is 5.41 Å². The van der Waals surface area contributed by atoms with E-state index in [2.05, 4.69) is 27.0 Å². The number of carbonyl (C=O) groups is 3. The summed E-state index contributed by atoms with van der Waals surface area (Å²) in [6.45, 7) is 9.08. The van der Waals surface area contributed by atoms with Crippen LogP contribution in [0.3, 0.4) is 0 Å². The van der Waals surface area contributed by atoms with Gasteiger partial charge in [-0.2, -0.15) is 0 Å². The number of fused-ring (bicyclic) bond motifs is 1. The zero-order valence-corrected chi connectivity index (χ0v) is 27.7. The SMILES string of the molecule is CC(C)(C)OC(=O)N1CCC(F)(CN2CCC3(CCC(n4cc(C5CC5)c5cc(N6CCC(=O)NC6=O)cnc54)CC3)CC2)CC1. The summed E-state index contributed by atoms with van der Waals surface area (Å²) in [4.78, 5) is 47.1. The number of likely N-dealkylation sites (tertiary alicyclic amines) is 2. The van der Waals surface area contributed by atoms with Crippen LogP contribution < -0.4 is 10.2 Å². The van der Waals surface area contributed by atoms with E-state index in [1.54, 1.807) is 16.0 Å².